The Balaban J connectivity index is 2.59. The molecule has 1 aliphatic rings. The van der Waals surface area contributed by atoms with E-state index in [1.165, 1.54) is 17.0 Å². The Labute approximate surface area is 195 Å². The Morgan fingerprint density at radius 1 is 1.27 bits per heavy atom. The van der Waals surface area contributed by atoms with E-state index in [1.807, 2.05) is 13.8 Å². The maximum atomic E-state index is 13.5. The van der Waals surface area contributed by atoms with E-state index in [0.29, 0.717) is 31.4 Å². The van der Waals surface area contributed by atoms with Gasteiger partial charge in [-0.25, -0.2) is 9.59 Å². The highest BCUT2D eigenvalue weighted by molar-refractivity contribution is 6.04. The van der Waals surface area contributed by atoms with Crippen LogP contribution in [-0.4, -0.2) is 58.8 Å². The van der Waals surface area contributed by atoms with Crippen molar-refractivity contribution in [3.8, 4) is 0 Å². The van der Waals surface area contributed by atoms with Crippen LogP contribution < -0.4 is 5.32 Å². The molecule has 9 heteroatoms. The van der Waals surface area contributed by atoms with Gasteiger partial charge in [-0.3, -0.25) is 9.69 Å². The standard InChI is InChI=1S/C24H35N3O6/c1-7-24(8-2)15-19(28)27(21(26-24)25-22(31)33-23(3,4)5)18(12-13-32-6)16-10-9-11-17(14-16)20(29)30/h9-11,14,18H,7-8,12-13,15H2,1-6H3,(H,29,30)(H,25,26,31)/t18-/m1/s1. The van der Waals surface area contributed by atoms with Gasteiger partial charge in [-0.05, 0) is 57.7 Å². The topological polar surface area (TPSA) is 118 Å². The first-order chi connectivity index (χ1) is 15.4. The average molecular weight is 462 g/mol. The molecular weight excluding hydrogens is 426 g/mol. The number of carboxylic acid groups (broad SMARTS) is 1. The molecule has 9 nitrogen and oxygen atoms in total. The van der Waals surface area contributed by atoms with Crippen LogP contribution in [0.15, 0.2) is 29.3 Å². The molecule has 1 fully saturated rings. The summed E-state index contributed by atoms with van der Waals surface area (Å²) in [6.45, 7) is 9.49. The average Bonchev–Trinajstić information content (AvgIpc) is 2.74. The number of hydrogen-bond donors (Lipinski definition) is 2. The molecule has 182 valence electrons. The third-order valence-corrected chi connectivity index (χ3v) is 5.73. The van der Waals surface area contributed by atoms with Gasteiger partial charge in [0.2, 0.25) is 11.9 Å². The molecule has 1 heterocycles. The Morgan fingerprint density at radius 3 is 2.48 bits per heavy atom. The van der Waals surface area contributed by atoms with Gasteiger partial charge in [0.05, 0.1) is 18.0 Å². The number of hydrogen-bond acceptors (Lipinski definition) is 5. The number of rotatable bonds is 8. The van der Waals surface area contributed by atoms with Crippen LogP contribution in [0.2, 0.25) is 0 Å². The molecule has 2 rings (SSSR count). The molecule has 0 saturated carbocycles. The van der Waals surface area contributed by atoms with Crippen molar-refractivity contribution >= 4 is 23.9 Å². The van der Waals surface area contributed by atoms with E-state index in [1.54, 1.807) is 40.0 Å². The zero-order valence-electron chi connectivity index (χ0n) is 20.3. The number of aromatic carboxylic acids is 1. The number of ether oxygens (including phenoxy) is 2. The Morgan fingerprint density at radius 2 is 1.94 bits per heavy atom. The summed E-state index contributed by atoms with van der Waals surface area (Å²) in [7, 11) is 1.55. The second kappa shape index (κ2) is 10.8. The fourth-order valence-electron chi connectivity index (χ4n) is 3.84. The smallest absolute Gasteiger partial charge is 0.437 e. The minimum Gasteiger partial charge on any atom is -0.478 e. The minimum atomic E-state index is -1.07. The third kappa shape index (κ3) is 6.77. The molecule has 33 heavy (non-hydrogen) atoms. The van der Waals surface area contributed by atoms with Gasteiger partial charge in [-0.1, -0.05) is 26.0 Å². The molecular formula is C24H35N3O6. The fourth-order valence-corrected chi connectivity index (χ4v) is 3.84. The minimum absolute atomic E-state index is 0.103. The van der Waals surface area contributed by atoms with Crippen molar-refractivity contribution < 1.29 is 29.0 Å². The van der Waals surface area contributed by atoms with Crippen molar-refractivity contribution in [2.75, 3.05) is 13.7 Å². The van der Waals surface area contributed by atoms with Gasteiger partial charge < -0.3 is 19.9 Å². The molecule has 0 radical (unpaired) electrons. The molecule has 0 bridgehead atoms. The van der Waals surface area contributed by atoms with Crippen LogP contribution in [0.25, 0.3) is 0 Å². The number of carboxylic acids is 1. The van der Waals surface area contributed by atoms with Gasteiger partial charge in [0, 0.05) is 19.3 Å². The van der Waals surface area contributed by atoms with Crippen LogP contribution in [0.1, 0.15) is 82.3 Å². The van der Waals surface area contributed by atoms with Crippen molar-refractivity contribution in [3.05, 3.63) is 35.4 Å². The summed E-state index contributed by atoms with van der Waals surface area (Å²) in [6, 6.07) is 5.82. The van der Waals surface area contributed by atoms with Gasteiger partial charge >= 0.3 is 12.1 Å². The number of benzene rings is 1. The summed E-state index contributed by atoms with van der Waals surface area (Å²) < 4.78 is 10.6. The van der Waals surface area contributed by atoms with Crippen LogP contribution in [0.5, 0.6) is 0 Å². The van der Waals surface area contributed by atoms with Gasteiger partial charge in [-0.15, -0.1) is 4.99 Å². The predicted molar refractivity (Wildman–Crippen MR) is 124 cm³/mol. The van der Waals surface area contributed by atoms with E-state index in [-0.39, 0.29) is 23.9 Å². The molecule has 1 aromatic carbocycles. The third-order valence-electron chi connectivity index (χ3n) is 5.73. The maximum absolute atomic E-state index is 13.5. The van der Waals surface area contributed by atoms with E-state index < -0.39 is 29.2 Å². The lowest BCUT2D eigenvalue weighted by Gasteiger charge is -2.45. The fraction of sp³-hybridized carbons (Fsp3) is 0.583. The SMILES string of the molecule is CCC1(CC)CC(=O)N([C@H](CCOC)c2cccc(C(=O)O)c2)/C(=N\C(=O)OC(C)(C)C)N1. The molecule has 0 unspecified atom stereocenters. The molecule has 1 aromatic rings. The lowest BCUT2D eigenvalue weighted by molar-refractivity contribution is -0.133. The van der Waals surface area contributed by atoms with Crippen molar-refractivity contribution in [1.82, 2.24) is 10.2 Å². The molecule has 1 saturated heterocycles. The number of carbonyl (C=O) groups excluding carboxylic acids is 2. The van der Waals surface area contributed by atoms with Crippen LogP contribution in [-0.2, 0) is 14.3 Å². The monoisotopic (exact) mass is 461 g/mol. The number of nitrogens with one attached hydrogen (secondary N) is 1. The molecule has 0 aromatic heterocycles. The Kier molecular flexibility index (Phi) is 8.60. The van der Waals surface area contributed by atoms with Crippen molar-refractivity contribution in [2.45, 2.75) is 77.5 Å². The number of nitrogens with zero attached hydrogens (tertiary/aromatic N) is 2. The highest BCUT2D eigenvalue weighted by Gasteiger charge is 2.43. The molecule has 1 aliphatic heterocycles. The number of amides is 2. The van der Waals surface area contributed by atoms with E-state index in [0.717, 1.165) is 0 Å². The summed E-state index contributed by atoms with van der Waals surface area (Å²) in [4.78, 5) is 43.2. The Hall–Kier alpha value is -2.94. The summed E-state index contributed by atoms with van der Waals surface area (Å²) in [5, 5.41) is 12.8. The second-order valence-electron chi connectivity index (χ2n) is 9.20. The maximum Gasteiger partial charge on any atom is 0.437 e. The zero-order valence-corrected chi connectivity index (χ0v) is 20.3. The molecule has 1 atom stereocenters. The van der Waals surface area contributed by atoms with Crippen LogP contribution in [0, 0.1) is 0 Å². The van der Waals surface area contributed by atoms with Crippen molar-refractivity contribution in [1.29, 1.82) is 0 Å². The van der Waals surface area contributed by atoms with Gasteiger partial charge in [0.25, 0.3) is 0 Å². The summed E-state index contributed by atoms with van der Waals surface area (Å²) in [6.07, 6.45) is 1.11. The molecule has 2 amide bonds. The number of guanidine groups is 1. The van der Waals surface area contributed by atoms with E-state index in [4.69, 9.17) is 9.47 Å². The summed E-state index contributed by atoms with van der Waals surface area (Å²) in [5.74, 6) is -1.17. The zero-order chi connectivity index (χ0) is 24.8. The number of carbonyl (C=O) groups is 3. The Bertz CT molecular complexity index is 902. The first-order valence-corrected chi connectivity index (χ1v) is 11.2. The second-order valence-corrected chi connectivity index (χ2v) is 9.20. The lowest BCUT2D eigenvalue weighted by atomic mass is 9.86. The van der Waals surface area contributed by atoms with Gasteiger partial charge in [0.15, 0.2) is 0 Å². The van der Waals surface area contributed by atoms with Crippen LogP contribution in [0.4, 0.5) is 4.79 Å². The number of aliphatic imine (C=N–C) groups is 1. The highest BCUT2D eigenvalue weighted by atomic mass is 16.6. The van der Waals surface area contributed by atoms with Gasteiger partial charge in [-0.2, -0.15) is 0 Å². The summed E-state index contributed by atoms with van der Waals surface area (Å²) >= 11 is 0. The lowest BCUT2D eigenvalue weighted by Crippen LogP contribution is -2.63. The first kappa shape index (κ1) is 26.3. The van der Waals surface area contributed by atoms with E-state index >= 15 is 0 Å². The van der Waals surface area contributed by atoms with E-state index in [2.05, 4.69) is 10.3 Å². The van der Waals surface area contributed by atoms with Crippen molar-refractivity contribution in [3.63, 3.8) is 0 Å². The normalized spacial score (nSPS) is 18.1. The van der Waals surface area contributed by atoms with Gasteiger partial charge in [0.1, 0.15) is 5.60 Å². The van der Waals surface area contributed by atoms with Crippen LogP contribution in [0.3, 0.4) is 0 Å². The molecule has 0 spiro atoms. The highest BCUT2D eigenvalue weighted by Crippen LogP contribution is 2.33. The largest absolute Gasteiger partial charge is 0.478 e. The predicted octanol–water partition coefficient (Wildman–Crippen LogP) is 4.13. The van der Waals surface area contributed by atoms with E-state index in [9.17, 15) is 19.5 Å². The van der Waals surface area contributed by atoms with Crippen molar-refractivity contribution in [2.24, 2.45) is 4.99 Å². The number of methoxy groups -OCH3 is 1. The quantitative estimate of drug-likeness (QED) is 0.597. The molecule has 0 aliphatic carbocycles. The summed E-state index contributed by atoms with van der Waals surface area (Å²) in [5.41, 5.74) is -0.569. The van der Waals surface area contributed by atoms with Crippen LogP contribution >= 0.6 is 0 Å². The first-order valence-electron chi connectivity index (χ1n) is 11.2. The molecule has 2 N–H and O–H groups in total.